The van der Waals surface area contributed by atoms with Gasteiger partial charge in [0.25, 0.3) is 6.01 Å². The van der Waals surface area contributed by atoms with Gasteiger partial charge in [-0.1, -0.05) is 24.3 Å². The van der Waals surface area contributed by atoms with E-state index < -0.39 is 0 Å². The summed E-state index contributed by atoms with van der Waals surface area (Å²) in [5.74, 6) is 1.67. The Morgan fingerprint density at radius 3 is 1.96 bits per heavy atom. The third-order valence-electron chi connectivity index (χ3n) is 3.70. The van der Waals surface area contributed by atoms with Gasteiger partial charge in [-0.15, -0.1) is 0 Å². The molecule has 2 aromatic carbocycles. The Bertz CT molecular complexity index is 722. The zero-order valence-corrected chi connectivity index (χ0v) is 13.8. The van der Waals surface area contributed by atoms with Crippen molar-refractivity contribution < 1.29 is 13.9 Å². The highest BCUT2D eigenvalue weighted by atomic mass is 16.5. The zero-order valence-electron chi connectivity index (χ0n) is 13.8. The van der Waals surface area contributed by atoms with E-state index in [0.29, 0.717) is 19.1 Å². The molecule has 0 N–H and O–H groups in total. The number of hydrogen-bond acceptors (Lipinski definition) is 5. The lowest BCUT2D eigenvalue weighted by Crippen LogP contribution is -2.22. The van der Waals surface area contributed by atoms with Crippen LogP contribution in [0.2, 0.25) is 0 Å². The number of anilines is 1. The van der Waals surface area contributed by atoms with Crippen LogP contribution >= 0.6 is 0 Å². The topological polar surface area (TPSA) is 47.7 Å². The van der Waals surface area contributed by atoms with Gasteiger partial charge in [-0.3, -0.25) is 0 Å². The molecule has 0 saturated carbocycles. The van der Waals surface area contributed by atoms with Crippen LogP contribution < -0.4 is 14.4 Å². The largest absolute Gasteiger partial charge is 0.497 e. The first-order valence-electron chi connectivity index (χ1n) is 7.69. The molecule has 24 heavy (non-hydrogen) atoms. The minimum atomic E-state index is 0.584. The van der Waals surface area contributed by atoms with Crippen molar-refractivity contribution in [2.45, 2.75) is 13.1 Å². The number of methoxy groups -OCH3 is 2. The number of nitrogens with zero attached hydrogens (tertiary/aromatic N) is 2. The van der Waals surface area contributed by atoms with Gasteiger partial charge in [-0.2, -0.15) is 0 Å². The highest BCUT2D eigenvalue weighted by Gasteiger charge is 2.13. The third kappa shape index (κ3) is 3.87. The summed E-state index contributed by atoms with van der Waals surface area (Å²) in [5, 5.41) is 0. The number of aromatic nitrogens is 1. The monoisotopic (exact) mass is 324 g/mol. The molecule has 0 fully saturated rings. The molecule has 3 aromatic rings. The Labute approximate surface area is 141 Å². The summed E-state index contributed by atoms with van der Waals surface area (Å²) in [6.07, 6.45) is 3.24. The highest BCUT2D eigenvalue weighted by Crippen LogP contribution is 2.22. The van der Waals surface area contributed by atoms with Crippen LogP contribution in [0.3, 0.4) is 0 Å². The molecule has 1 heterocycles. The van der Waals surface area contributed by atoms with Crippen molar-refractivity contribution in [1.29, 1.82) is 0 Å². The first-order valence-corrected chi connectivity index (χ1v) is 7.69. The lowest BCUT2D eigenvalue weighted by molar-refractivity contribution is 0.414. The van der Waals surface area contributed by atoms with E-state index in [9.17, 15) is 0 Å². The van der Waals surface area contributed by atoms with Crippen LogP contribution in [0.1, 0.15) is 11.1 Å². The Hall–Kier alpha value is -2.95. The van der Waals surface area contributed by atoms with Crippen molar-refractivity contribution in [3.8, 4) is 11.5 Å². The molecule has 0 saturated heterocycles. The normalized spacial score (nSPS) is 10.4. The van der Waals surface area contributed by atoms with E-state index in [-0.39, 0.29) is 0 Å². The van der Waals surface area contributed by atoms with Crippen LogP contribution in [0, 0.1) is 0 Å². The van der Waals surface area contributed by atoms with Crippen LogP contribution in [0.5, 0.6) is 11.5 Å². The summed E-state index contributed by atoms with van der Waals surface area (Å²) >= 11 is 0. The fourth-order valence-electron chi connectivity index (χ4n) is 2.55. The minimum absolute atomic E-state index is 0.584. The summed E-state index contributed by atoms with van der Waals surface area (Å²) in [6.45, 7) is 1.32. The van der Waals surface area contributed by atoms with Crippen molar-refractivity contribution in [2.75, 3.05) is 19.1 Å². The number of ether oxygens (including phenoxy) is 2. The van der Waals surface area contributed by atoms with Crippen molar-refractivity contribution in [2.24, 2.45) is 0 Å². The predicted octanol–water partition coefficient (Wildman–Crippen LogP) is 3.90. The lowest BCUT2D eigenvalue weighted by atomic mass is 10.1. The molecule has 5 heteroatoms. The standard InChI is InChI=1S/C19H20N2O3/c1-22-17-7-3-5-15(11-17)13-21(19-20-9-10-24-19)14-16-6-4-8-18(12-16)23-2/h3-12H,13-14H2,1-2H3. The van der Waals surface area contributed by atoms with Gasteiger partial charge in [0.1, 0.15) is 17.8 Å². The summed E-state index contributed by atoms with van der Waals surface area (Å²) in [7, 11) is 3.34. The fourth-order valence-corrected chi connectivity index (χ4v) is 2.55. The molecule has 5 nitrogen and oxygen atoms in total. The van der Waals surface area contributed by atoms with E-state index in [1.807, 2.05) is 36.4 Å². The fraction of sp³-hybridized carbons (Fsp3) is 0.211. The minimum Gasteiger partial charge on any atom is -0.497 e. The second kappa shape index (κ2) is 7.55. The first-order chi connectivity index (χ1) is 11.8. The second-order valence-electron chi connectivity index (χ2n) is 5.37. The second-order valence-corrected chi connectivity index (χ2v) is 5.37. The number of oxazole rings is 1. The van der Waals surface area contributed by atoms with Gasteiger partial charge in [-0.05, 0) is 35.4 Å². The summed E-state index contributed by atoms with van der Waals surface area (Å²) in [5.41, 5.74) is 2.24. The lowest BCUT2D eigenvalue weighted by Gasteiger charge is -2.21. The zero-order chi connectivity index (χ0) is 16.8. The molecule has 0 aliphatic heterocycles. The molecule has 0 aliphatic rings. The molecule has 0 spiro atoms. The van der Waals surface area contributed by atoms with Crippen molar-refractivity contribution in [1.82, 2.24) is 4.98 Å². The van der Waals surface area contributed by atoms with Crippen molar-refractivity contribution >= 4 is 6.01 Å². The Kier molecular flexibility index (Phi) is 5.01. The molecular formula is C19H20N2O3. The van der Waals surface area contributed by atoms with E-state index in [4.69, 9.17) is 13.9 Å². The SMILES string of the molecule is COc1cccc(CN(Cc2cccc(OC)c2)c2ncco2)c1. The maximum atomic E-state index is 5.51. The van der Waals surface area contributed by atoms with Gasteiger partial charge in [0.2, 0.25) is 0 Å². The smallest absolute Gasteiger partial charge is 0.297 e. The highest BCUT2D eigenvalue weighted by molar-refractivity contribution is 5.36. The average Bonchev–Trinajstić information content (AvgIpc) is 3.16. The maximum absolute atomic E-state index is 5.51. The molecule has 0 aliphatic carbocycles. The van der Waals surface area contributed by atoms with E-state index in [0.717, 1.165) is 22.6 Å². The maximum Gasteiger partial charge on any atom is 0.297 e. The molecule has 0 radical (unpaired) electrons. The van der Waals surface area contributed by atoms with Crippen LogP contribution in [0.4, 0.5) is 6.01 Å². The van der Waals surface area contributed by atoms with Gasteiger partial charge in [0.05, 0.1) is 20.4 Å². The quantitative estimate of drug-likeness (QED) is 0.660. The van der Waals surface area contributed by atoms with Gasteiger partial charge in [0.15, 0.2) is 0 Å². The van der Waals surface area contributed by atoms with E-state index in [2.05, 4.69) is 22.0 Å². The van der Waals surface area contributed by atoms with Crippen LogP contribution in [-0.2, 0) is 13.1 Å². The Morgan fingerprint density at radius 2 is 1.50 bits per heavy atom. The molecule has 0 atom stereocenters. The third-order valence-corrected chi connectivity index (χ3v) is 3.70. The molecule has 1 aromatic heterocycles. The molecule has 124 valence electrons. The van der Waals surface area contributed by atoms with E-state index >= 15 is 0 Å². The summed E-state index contributed by atoms with van der Waals surface area (Å²) in [6, 6.07) is 16.6. The number of benzene rings is 2. The van der Waals surface area contributed by atoms with Gasteiger partial charge >= 0.3 is 0 Å². The van der Waals surface area contributed by atoms with Gasteiger partial charge in [-0.25, -0.2) is 4.98 Å². The van der Waals surface area contributed by atoms with Crippen LogP contribution in [0.15, 0.2) is 65.4 Å². The van der Waals surface area contributed by atoms with Gasteiger partial charge in [0, 0.05) is 13.1 Å². The van der Waals surface area contributed by atoms with Crippen LogP contribution in [0.25, 0.3) is 0 Å². The summed E-state index contributed by atoms with van der Waals surface area (Å²) in [4.78, 5) is 6.36. The van der Waals surface area contributed by atoms with E-state index in [1.165, 1.54) is 0 Å². The Morgan fingerprint density at radius 1 is 0.917 bits per heavy atom. The average molecular weight is 324 g/mol. The van der Waals surface area contributed by atoms with Crippen molar-refractivity contribution in [3.63, 3.8) is 0 Å². The molecular weight excluding hydrogens is 304 g/mol. The molecule has 0 unspecified atom stereocenters. The molecule has 0 bridgehead atoms. The van der Waals surface area contributed by atoms with E-state index in [1.54, 1.807) is 26.7 Å². The number of hydrogen-bond donors (Lipinski definition) is 0. The number of rotatable bonds is 7. The predicted molar refractivity (Wildman–Crippen MR) is 92.4 cm³/mol. The van der Waals surface area contributed by atoms with Crippen molar-refractivity contribution in [3.05, 3.63) is 72.1 Å². The van der Waals surface area contributed by atoms with Crippen LogP contribution in [-0.4, -0.2) is 19.2 Å². The summed E-state index contributed by atoms with van der Waals surface area (Å²) < 4.78 is 16.1. The molecule has 0 amide bonds. The van der Waals surface area contributed by atoms with Gasteiger partial charge < -0.3 is 18.8 Å². The Balaban J connectivity index is 1.83. The molecule has 3 rings (SSSR count). The first kappa shape index (κ1) is 15.9.